The standard InChI is InChI=1S/C19H29N5O2/c1-14-20-17(19(26)22-16-7-5-3-4-6-8-16)13-18(21-14)24-11-9-23(10-12-24)15(2)25/h13,16H,3-12H2,1-2H3,(H,22,26). The van der Waals surface area contributed by atoms with Crippen LogP contribution in [0.15, 0.2) is 6.07 Å². The lowest BCUT2D eigenvalue weighted by molar-refractivity contribution is -0.129. The summed E-state index contributed by atoms with van der Waals surface area (Å²) in [5, 5.41) is 3.15. The molecule has 26 heavy (non-hydrogen) atoms. The maximum atomic E-state index is 12.7. The third-order valence-corrected chi connectivity index (χ3v) is 5.30. The molecule has 3 rings (SSSR count). The smallest absolute Gasteiger partial charge is 0.270 e. The van der Waals surface area contributed by atoms with Crippen LogP contribution in [0.4, 0.5) is 5.82 Å². The first-order chi connectivity index (χ1) is 12.5. The van der Waals surface area contributed by atoms with Gasteiger partial charge in [0, 0.05) is 45.2 Å². The molecule has 0 aromatic carbocycles. The zero-order chi connectivity index (χ0) is 18.5. The molecule has 0 unspecified atom stereocenters. The van der Waals surface area contributed by atoms with Crippen LogP contribution >= 0.6 is 0 Å². The van der Waals surface area contributed by atoms with Gasteiger partial charge in [0.15, 0.2) is 0 Å². The second-order valence-corrected chi connectivity index (χ2v) is 7.31. The van der Waals surface area contributed by atoms with Crippen molar-refractivity contribution >= 4 is 17.6 Å². The van der Waals surface area contributed by atoms with Crippen molar-refractivity contribution in [3.8, 4) is 0 Å². The molecule has 1 aliphatic heterocycles. The van der Waals surface area contributed by atoms with Gasteiger partial charge in [-0.2, -0.15) is 0 Å². The predicted octanol–water partition coefficient (Wildman–Crippen LogP) is 1.91. The summed E-state index contributed by atoms with van der Waals surface area (Å²) in [5.41, 5.74) is 0.436. The van der Waals surface area contributed by atoms with Gasteiger partial charge >= 0.3 is 0 Å². The average molecular weight is 359 g/mol. The third-order valence-electron chi connectivity index (χ3n) is 5.30. The summed E-state index contributed by atoms with van der Waals surface area (Å²) in [5.74, 6) is 1.37. The second kappa shape index (κ2) is 8.47. The lowest BCUT2D eigenvalue weighted by atomic mass is 10.1. The van der Waals surface area contributed by atoms with Gasteiger partial charge < -0.3 is 15.1 Å². The summed E-state index contributed by atoms with van der Waals surface area (Å²) in [7, 11) is 0. The minimum atomic E-state index is -0.106. The van der Waals surface area contributed by atoms with E-state index >= 15 is 0 Å². The summed E-state index contributed by atoms with van der Waals surface area (Å²) in [6, 6.07) is 2.03. The molecule has 1 saturated heterocycles. The van der Waals surface area contributed by atoms with Crippen LogP contribution in [0.25, 0.3) is 0 Å². The van der Waals surface area contributed by atoms with Crippen LogP contribution in [-0.4, -0.2) is 58.9 Å². The Balaban J connectivity index is 1.67. The SMILES string of the molecule is CC(=O)N1CCN(c2cc(C(=O)NC3CCCCCC3)nc(C)n2)CC1. The van der Waals surface area contributed by atoms with Crippen LogP contribution < -0.4 is 10.2 Å². The van der Waals surface area contributed by atoms with E-state index in [0.29, 0.717) is 24.6 Å². The molecule has 2 fully saturated rings. The summed E-state index contributed by atoms with van der Waals surface area (Å²) in [6.07, 6.45) is 6.98. The van der Waals surface area contributed by atoms with E-state index in [1.165, 1.54) is 25.7 Å². The summed E-state index contributed by atoms with van der Waals surface area (Å²) in [4.78, 5) is 37.0. The fourth-order valence-corrected chi connectivity index (χ4v) is 3.76. The van der Waals surface area contributed by atoms with Crippen LogP contribution in [0.1, 0.15) is 61.8 Å². The third kappa shape index (κ3) is 4.71. The molecule has 1 saturated carbocycles. The number of amides is 2. The van der Waals surface area contributed by atoms with Crippen LogP contribution in [-0.2, 0) is 4.79 Å². The molecule has 0 spiro atoms. The van der Waals surface area contributed by atoms with E-state index in [1.807, 2.05) is 11.8 Å². The van der Waals surface area contributed by atoms with Crippen LogP contribution in [0, 0.1) is 6.92 Å². The maximum absolute atomic E-state index is 12.7. The van der Waals surface area contributed by atoms with E-state index in [4.69, 9.17) is 0 Å². The van der Waals surface area contributed by atoms with Crippen molar-refractivity contribution in [1.82, 2.24) is 20.2 Å². The van der Waals surface area contributed by atoms with E-state index in [9.17, 15) is 9.59 Å². The Morgan fingerprint density at radius 3 is 2.31 bits per heavy atom. The molecule has 1 aliphatic carbocycles. The van der Waals surface area contributed by atoms with Gasteiger partial charge in [0.05, 0.1) is 0 Å². The van der Waals surface area contributed by atoms with Crippen molar-refractivity contribution in [3.05, 3.63) is 17.6 Å². The molecule has 2 heterocycles. The highest BCUT2D eigenvalue weighted by Crippen LogP contribution is 2.19. The van der Waals surface area contributed by atoms with Gasteiger partial charge in [-0.15, -0.1) is 0 Å². The van der Waals surface area contributed by atoms with Crippen molar-refractivity contribution in [3.63, 3.8) is 0 Å². The Morgan fingerprint density at radius 1 is 1.04 bits per heavy atom. The monoisotopic (exact) mass is 359 g/mol. The first-order valence-corrected chi connectivity index (χ1v) is 9.70. The minimum absolute atomic E-state index is 0.104. The Bertz CT molecular complexity index is 647. The fraction of sp³-hybridized carbons (Fsp3) is 0.684. The Kier molecular flexibility index (Phi) is 6.06. The second-order valence-electron chi connectivity index (χ2n) is 7.31. The highest BCUT2D eigenvalue weighted by molar-refractivity contribution is 5.93. The highest BCUT2D eigenvalue weighted by Gasteiger charge is 2.22. The van der Waals surface area contributed by atoms with Gasteiger partial charge in [0.1, 0.15) is 17.3 Å². The average Bonchev–Trinajstić information content (AvgIpc) is 2.90. The van der Waals surface area contributed by atoms with Gasteiger partial charge in [-0.1, -0.05) is 25.7 Å². The molecule has 7 nitrogen and oxygen atoms in total. The van der Waals surface area contributed by atoms with Crippen molar-refractivity contribution in [1.29, 1.82) is 0 Å². The number of hydrogen-bond donors (Lipinski definition) is 1. The fourth-order valence-electron chi connectivity index (χ4n) is 3.76. The van der Waals surface area contributed by atoms with Crippen LogP contribution in [0.2, 0.25) is 0 Å². The molecular formula is C19H29N5O2. The number of hydrogen-bond acceptors (Lipinski definition) is 5. The molecule has 0 bridgehead atoms. The normalized spacial score (nSPS) is 19.2. The maximum Gasteiger partial charge on any atom is 0.270 e. The largest absolute Gasteiger partial charge is 0.353 e. The lowest BCUT2D eigenvalue weighted by Gasteiger charge is -2.35. The number of aryl methyl sites for hydroxylation is 1. The van der Waals surface area contributed by atoms with Crippen molar-refractivity contribution in [2.45, 2.75) is 58.4 Å². The molecule has 1 aromatic rings. The van der Waals surface area contributed by atoms with Gasteiger partial charge in [-0.3, -0.25) is 9.59 Å². The quantitative estimate of drug-likeness (QED) is 0.834. The number of nitrogens with one attached hydrogen (secondary N) is 1. The number of aromatic nitrogens is 2. The minimum Gasteiger partial charge on any atom is -0.353 e. The van der Waals surface area contributed by atoms with E-state index in [-0.39, 0.29) is 17.9 Å². The number of carbonyl (C=O) groups is 2. The topological polar surface area (TPSA) is 78.4 Å². The predicted molar refractivity (Wildman–Crippen MR) is 100 cm³/mol. The van der Waals surface area contributed by atoms with Crippen molar-refractivity contribution in [2.24, 2.45) is 0 Å². The molecule has 142 valence electrons. The van der Waals surface area contributed by atoms with Gasteiger partial charge in [-0.05, 0) is 19.8 Å². The van der Waals surface area contributed by atoms with Crippen LogP contribution in [0.5, 0.6) is 0 Å². The molecule has 2 aliphatic rings. The first kappa shape index (κ1) is 18.6. The Morgan fingerprint density at radius 2 is 1.69 bits per heavy atom. The number of nitrogens with zero attached hydrogens (tertiary/aromatic N) is 4. The zero-order valence-corrected chi connectivity index (χ0v) is 15.8. The van der Waals surface area contributed by atoms with Crippen molar-refractivity contribution < 1.29 is 9.59 Å². The first-order valence-electron chi connectivity index (χ1n) is 9.70. The van der Waals surface area contributed by atoms with Gasteiger partial charge in [-0.25, -0.2) is 9.97 Å². The molecule has 1 aromatic heterocycles. The molecule has 7 heteroatoms. The van der Waals surface area contributed by atoms with E-state index < -0.39 is 0 Å². The molecule has 2 amide bonds. The molecule has 0 atom stereocenters. The molecular weight excluding hydrogens is 330 g/mol. The summed E-state index contributed by atoms with van der Waals surface area (Å²) < 4.78 is 0. The van der Waals surface area contributed by atoms with E-state index in [0.717, 1.165) is 31.7 Å². The molecule has 1 N–H and O–H groups in total. The number of rotatable bonds is 3. The van der Waals surface area contributed by atoms with Gasteiger partial charge in [0.2, 0.25) is 5.91 Å². The van der Waals surface area contributed by atoms with E-state index in [1.54, 1.807) is 13.0 Å². The number of carbonyl (C=O) groups excluding carboxylic acids is 2. The Hall–Kier alpha value is -2.18. The summed E-state index contributed by atoms with van der Waals surface area (Å²) >= 11 is 0. The molecule has 0 radical (unpaired) electrons. The lowest BCUT2D eigenvalue weighted by Crippen LogP contribution is -2.48. The number of anilines is 1. The highest BCUT2D eigenvalue weighted by atomic mass is 16.2. The van der Waals surface area contributed by atoms with Crippen molar-refractivity contribution in [2.75, 3.05) is 31.1 Å². The Labute approximate surface area is 155 Å². The summed E-state index contributed by atoms with van der Waals surface area (Å²) in [6.45, 7) is 6.22. The van der Waals surface area contributed by atoms with E-state index in [2.05, 4.69) is 20.2 Å². The number of piperazine rings is 1. The zero-order valence-electron chi connectivity index (χ0n) is 15.8. The van der Waals surface area contributed by atoms with Gasteiger partial charge in [0.25, 0.3) is 5.91 Å². The van der Waals surface area contributed by atoms with Crippen LogP contribution in [0.3, 0.4) is 0 Å².